The zero-order chi connectivity index (χ0) is 9.97. The number of rotatable bonds is 4. The van der Waals surface area contributed by atoms with E-state index in [0.29, 0.717) is 6.04 Å². The smallest absolute Gasteiger partial charge is 0.0409 e. The van der Waals surface area contributed by atoms with Gasteiger partial charge >= 0.3 is 0 Å². The first-order valence-electron chi connectivity index (χ1n) is 5.23. The number of nitrogens with one attached hydrogen (secondary N) is 1. The number of hydrogen-bond acceptors (Lipinski definition) is 1. The van der Waals surface area contributed by atoms with Gasteiger partial charge in [-0.15, -0.1) is 0 Å². The van der Waals surface area contributed by atoms with Crippen LogP contribution >= 0.6 is 11.6 Å². The summed E-state index contributed by atoms with van der Waals surface area (Å²) in [5, 5.41) is 4.35. The molecule has 0 bridgehead atoms. The fraction of sp³-hybridized carbons (Fsp3) is 0.500. The van der Waals surface area contributed by atoms with Crippen molar-refractivity contribution >= 4 is 11.6 Å². The normalized spacial score (nSPS) is 18.1. The van der Waals surface area contributed by atoms with Crippen molar-refractivity contribution in [3.05, 3.63) is 34.9 Å². The van der Waals surface area contributed by atoms with Crippen LogP contribution in [0.2, 0.25) is 5.02 Å². The maximum absolute atomic E-state index is 5.91. The predicted octanol–water partition coefficient (Wildman–Crippen LogP) is 3.23. The Morgan fingerprint density at radius 2 is 2.29 bits per heavy atom. The summed E-state index contributed by atoms with van der Waals surface area (Å²) >= 11 is 5.91. The molecule has 1 aliphatic rings. The van der Waals surface area contributed by atoms with Gasteiger partial charge < -0.3 is 5.32 Å². The third-order valence-corrected chi connectivity index (χ3v) is 3.08. The monoisotopic (exact) mass is 209 g/mol. The fourth-order valence-electron chi connectivity index (χ4n) is 1.69. The molecule has 0 aliphatic heterocycles. The van der Waals surface area contributed by atoms with E-state index in [4.69, 9.17) is 11.6 Å². The minimum atomic E-state index is 0.647. The van der Waals surface area contributed by atoms with Crippen LogP contribution in [0.15, 0.2) is 24.3 Å². The molecule has 0 spiro atoms. The second-order valence-corrected chi connectivity index (χ2v) is 4.57. The van der Waals surface area contributed by atoms with Crippen molar-refractivity contribution in [2.45, 2.75) is 32.4 Å². The van der Waals surface area contributed by atoms with Crippen molar-refractivity contribution in [1.29, 1.82) is 0 Å². The summed E-state index contributed by atoms with van der Waals surface area (Å²) in [4.78, 5) is 0. The van der Waals surface area contributed by atoms with Crippen LogP contribution in [0.4, 0.5) is 0 Å². The molecule has 1 atom stereocenters. The van der Waals surface area contributed by atoms with E-state index in [1.165, 1.54) is 18.4 Å². The van der Waals surface area contributed by atoms with E-state index < -0.39 is 0 Å². The first kappa shape index (κ1) is 10.0. The zero-order valence-corrected chi connectivity index (χ0v) is 9.22. The van der Waals surface area contributed by atoms with E-state index in [-0.39, 0.29) is 0 Å². The Hall–Kier alpha value is -0.530. The molecular formula is C12H16ClN. The van der Waals surface area contributed by atoms with Gasteiger partial charge in [-0.3, -0.25) is 0 Å². The van der Waals surface area contributed by atoms with Gasteiger partial charge in [0.2, 0.25) is 0 Å². The average Bonchev–Trinajstić information content (AvgIpc) is 2.97. The van der Waals surface area contributed by atoms with Crippen LogP contribution in [0.25, 0.3) is 0 Å². The van der Waals surface area contributed by atoms with E-state index in [1.54, 1.807) is 0 Å². The Balaban J connectivity index is 1.84. The lowest BCUT2D eigenvalue weighted by atomic mass is 10.2. The molecule has 1 aromatic carbocycles. The van der Waals surface area contributed by atoms with Gasteiger partial charge in [0, 0.05) is 17.6 Å². The Morgan fingerprint density at radius 3 is 2.93 bits per heavy atom. The third kappa shape index (κ3) is 2.73. The summed E-state index contributed by atoms with van der Waals surface area (Å²) < 4.78 is 0. The Labute approximate surface area is 90.5 Å². The molecule has 0 amide bonds. The van der Waals surface area contributed by atoms with Crippen LogP contribution in [0.1, 0.15) is 25.3 Å². The number of benzene rings is 1. The Bertz CT molecular complexity index is 307. The summed E-state index contributed by atoms with van der Waals surface area (Å²) in [5.41, 5.74) is 1.27. The largest absolute Gasteiger partial charge is 0.310 e. The summed E-state index contributed by atoms with van der Waals surface area (Å²) in [7, 11) is 0. The topological polar surface area (TPSA) is 12.0 Å². The van der Waals surface area contributed by atoms with Crippen molar-refractivity contribution in [1.82, 2.24) is 5.32 Å². The molecule has 0 saturated heterocycles. The molecule has 76 valence electrons. The molecular weight excluding hydrogens is 194 g/mol. The first-order chi connectivity index (χ1) is 6.75. The molecule has 1 fully saturated rings. The van der Waals surface area contributed by atoms with E-state index in [1.807, 2.05) is 18.2 Å². The Morgan fingerprint density at radius 1 is 1.50 bits per heavy atom. The molecule has 14 heavy (non-hydrogen) atoms. The van der Waals surface area contributed by atoms with E-state index in [2.05, 4.69) is 18.3 Å². The average molecular weight is 210 g/mol. The molecule has 0 heterocycles. The second kappa shape index (κ2) is 4.33. The highest BCUT2D eigenvalue weighted by molar-refractivity contribution is 6.30. The molecule has 1 aromatic rings. The SMILES string of the molecule is CC(NCc1cccc(Cl)c1)C1CC1. The molecule has 1 aliphatic carbocycles. The fourth-order valence-corrected chi connectivity index (χ4v) is 1.90. The maximum Gasteiger partial charge on any atom is 0.0409 e. The molecule has 2 heteroatoms. The van der Waals surface area contributed by atoms with Crippen LogP contribution in [-0.2, 0) is 6.54 Å². The summed E-state index contributed by atoms with van der Waals surface area (Å²) in [6, 6.07) is 8.69. The highest BCUT2D eigenvalue weighted by Crippen LogP contribution is 2.32. The number of hydrogen-bond donors (Lipinski definition) is 1. The molecule has 1 nitrogen and oxygen atoms in total. The van der Waals surface area contributed by atoms with Crippen molar-refractivity contribution in [2.75, 3.05) is 0 Å². The highest BCUT2D eigenvalue weighted by Gasteiger charge is 2.27. The lowest BCUT2D eigenvalue weighted by Gasteiger charge is -2.12. The maximum atomic E-state index is 5.91. The zero-order valence-electron chi connectivity index (χ0n) is 8.46. The van der Waals surface area contributed by atoms with Crippen LogP contribution < -0.4 is 5.32 Å². The highest BCUT2D eigenvalue weighted by atomic mass is 35.5. The van der Waals surface area contributed by atoms with Gasteiger partial charge in [-0.1, -0.05) is 23.7 Å². The summed E-state index contributed by atoms with van der Waals surface area (Å²) in [6.07, 6.45) is 2.79. The summed E-state index contributed by atoms with van der Waals surface area (Å²) in [6.45, 7) is 3.19. The van der Waals surface area contributed by atoms with E-state index in [9.17, 15) is 0 Å². The minimum absolute atomic E-state index is 0.647. The van der Waals surface area contributed by atoms with Crippen molar-refractivity contribution in [2.24, 2.45) is 5.92 Å². The lowest BCUT2D eigenvalue weighted by Crippen LogP contribution is -2.27. The van der Waals surface area contributed by atoms with Crippen LogP contribution in [0.5, 0.6) is 0 Å². The predicted molar refractivity (Wildman–Crippen MR) is 60.5 cm³/mol. The minimum Gasteiger partial charge on any atom is -0.310 e. The van der Waals surface area contributed by atoms with E-state index in [0.717, 1.165) is 17.5 Å². The van der Waals surface area contributed by atoms with Crippen molar-refractivity contribution < 1.29 is 0 Å². The van der Waals surface area contributed by atoms with Crippen LogP contribution in [0.3, 0.4) is 0 Å². The molecule has 0 aromatic heterocycles. The van der Waals surface area contributed by atoms with E-state index >= 15 is 0 Å². The summed E-state index contributed by atoms with van der Waals surface area (Å²) in [5.74, 6) is 0.911. The third-order valence-electron chi connectivity index (χ3n) is 2.85. The van der Waals surface area contributed by atoms with Crippen LogP contribution in [0, 0.1) is 5.92 Å². The lowest BCUT2D eigenvalue weighted by molar-refractivity contribution is 0.496. The molecule has 1 saturated carbocycles. The van der Waals surface area contributed by atoms with Gasteiger partial charge in [0.05, 0.1) is 0 Å². The molecule has 2 rings (SSSR count). The Kier molecular flexibility index (Phi) is 3.09. The molecule has 1 N–H and O–H groups in total. The van der Waals surface area contributed by atoms with Gasteiger partial charge in [-0.25, -0.2) is 0 Å². The van der Waals surface area contributed by atoms with Gasteiger partial charge in [0.1, 0.15) is 0 Å². The number of halogens is 1. The van der Waals surface area contributed by atoms with Gasteiger partial charge in [-0.2, -0.15) is 0 Å². The molecule has 1 unspecified atom stereocenters. The van der Waals surface area contributed by atoms with Crippen molar-refractivity contribution in [3.63, 3.8) is 0 Å². The molecule has 0 radical (unpaired) electrons. The first-order valence-corrected chi connectivity index (χ1v) is 5.61. The standard InChI is InChI=1S/C12H16ClN/c1-9(11-5-6-11)14-8-10-3-2-4-12(13)7-10/h2-4,7,9,11,14H,5-6,8H2,1H3. The van der Waals surface area contributed by atoms with Gasteiger partial charge in [0.15, 0.2) is 0 Å². The van der Waals surface area contributed by atoms with Gasteiger partial charge in [-0.05, 0) is 43.4 Å². The quantitative estimate of drug-likeness (QED) is 0.803. The second-order valence-electron chi connectivity index (χ2n) is 4.14. The van der Waals surface area contributed by atoms with Gasteiger partial charge in [0.25, 0.3) is 0 Å². The van der Waals surface area contributed by atoms with Crippen LogP contribution in [-0.4, -0.2) is 6.04 Å². The van der Waals surface area contributed by atoms with Crippen molar-refractivity contribution in [3.8, 4) is 0 Å².